The van der Waals surface area contributed by atoms with Gasteiger partial charge in [-0.1, -0.05) is 24.3 Å². The van der Waals surface area contributed by atoms with Crippen LogP contribution in [0.3, 0.4) is 0 Å². The van der Waals surface area contributed by atoms with Crippen LogP contribution in [0.2, 0.25) is 0 Å². The molecule has 0 unspecified atom stereocenters. The van der Waals surface area contributed by atoms with Crippen LogP contribution in [-0.2, 0) is 12.0 Å². The second-order valence-electron chi connectivity index (χ2n) is 8.60. The first-order chi connectivity index (χ1) is 14.0. The molecule has 6 heteroatoms. The number of aromatic nitrogens is 4. The molecule has 4 aromatic rings. The Bertz CT molecular complexity index is 1140. The summed E-state index contributed by atoms with van der Waals surface area (Å²) in [5.74, 6) is 1.75. The third-order valence-corrected chi connectivity index (χ3v) is 6.04. The van der Waals surface area contributed by atoms with Crippen LogP contribution in [0, 0.1) is 5.92 Å². The lowest BCUT2D eigenvalue weighted by Gasteiger charge is -2.21. The zero-order valence-electron chi connectivity index (χ0n) is 16.9. The highest BCUT2D eigenvalue weighted by molar-refractivity contribution is 5.84. The van der Waals surface area contributed by atoms with Crippen LogP contribution in [-0.4, -0.2) is 37.5 Å². The van der Waals surface area contributed by atoms with Crippen LogP contribution in [0.5, 0.6) is 0 Å². The zero-order valence-corrected chi connectivity index (χ0v) is 16.9. The third kappa shape index (κ3) is 3.32. The number of hydrogen-bond acceptors (Lipinski definition) is 4. The Balaban J connectivity index is 1.63. The van der Waals surface area contributed by atoms with Crippen LogP contribution in [0.4, 0.5) is 0 Å². The fourth-order valence-electron chi connectivity index (χ4n) is 4.36. The van der Waals surface area contributed by atoms with Crippen LogP contribution in [0.25, 0.3) is 27.9 Å². The molecule has 6 nitrogen and oxygen atoms in total. The lowest BCUT2D eigenvalue weighted by atomic mass is 9.94. The Labute approximate surface area is 170 Å². The van der Waals surface area contributed by atoms with Crippen LogP contribution in [0.15, 0.2) is 42.7 Å². The first-order valence-corrected chi connectivity index (χ1v) is 10.4. The van der Waals surface area contributed by atoms with Crippen molar-refractivity contribution in [2.24, 2.45) is 5.92 Å². The molecular formula is C23H27N5O. The van der Waals surface area contributed by atoms with Gasteiger partial charge in [0.05, 0.1) is 28.5 Å². The predicted octanol–water partition coefficient (Wildman–Crippen LogP) is 3.65. The first kappa shape index (κ1) is 18.3. The smallest absolute Gasteiger partial charge is 0.154 e. The van der Waals surface area contributed by atoms with Gasteiger partial charge in [0, 0.05) is 18.2 Å². The van der Waals surface area contributed by atoms with Crippen molar-refractivity contribution >= 4 is 16.7 Å². The van der Waals surface area contributed by atoms with Crippen LogP contribution >= 0.6 is 0 Å². The van der Waals surface area contributed by atoms with Crippen molar-refractivity contribution in [2.45, 2.75) is 38.7 Å². The Kier molecular flexibility index (Phi) is 4.41. The van der Waals surface area contributed by atoms with E-state index in [-0.39, 0.29) is 0 Å². The van der Waals surface area contributed by atoms with E-state index in [1.807, 2.05) is 36.7 Å². The van der Waals surface area contributed by atoms with Crippen molar-refractivity contribution in [1.29, 1.82) is 0 Å². The highest BCUT2D eigenvalue weighted by Gasteiger charge is 2.21. The molecule has 0 bridgehead atoms. The molecule has 4 heterocycles. The number of nitrogens with zero attached hydrogens (tertiary/aromatic N) is 3. The summed E-state index contributed by atoms with van der Waals surface area (Å²) in [6.07, 6.45) is 7.19. The summed E-state index contributed by atoms with van der Waals surface area (Å²) < 4.78 is 2.26. The predicted molar refractivity (Wildman–Crippen MR) is 115 cm³/mol. The third-order valence-electron chi connectivity index (χ3n) is 6.04. The lowest BCUT2D eigenvalue weighted by molar-refractivity contribution is 0.0786. The molecule has 1 fully saturated rings. The number of piperidine rings is 1. The van der Waals surface area contributed by atoms with Crippen molar-refractivity contribution in [3.8, 4) is 11.3 Å². The number of aromatic amines is 1. The summed E-state index contributed by atoms with van der Waals surface area (Å²) in [4.78, 5) is 12.9. The van der Waals surface area contributed by atoms with Gasteiger partial charge in [0.25, 0.3) is 0 Å². The summed E-state index contributed by atoms with van der Waals surface area (Å²) in [5, 5.41) is 13.7. The molecule has 0 spiro atoms. The van der Waals surface area contributed by atoms with Gasteiger partial charge in [0.2, 0.25) is 0 Å². The van der Waals surface area contributed by atoms with Crippen molar-refractivity contribution in [1.82, 2.24) is 24.7 Å². The van der Waals surface area contributed by atoms with E-state index in [0.29, 0.717) is 5.92 Å². The number of hydrogen-bond donors (Lipinski definition) is 3. The first-order valence-electron chi connectivity index (χ1n) is 10.4. The van der Waals surface area contributed by atoms with Gasteiger partial charge in [-0.05, 0) is 57.3 Å². The highest BCUT2D eigenvalue weighted by Crippen LogP contribution is 2.31. The van der Waals surface area contributed by atoms with E-state index in [2.05, 4.69) is 25.8 Å². The average molecular weight is 390 g/mol. The second-order valence-corrected chi connectivity index (χ2v) is 8.60. The lowest BCUT2D eigenvalue weighted by Crippen LogP contribution is -2.29. The Hall–Kier alpha value is -2.70. The number of H-pyrrole nitrogens is 1. The van der Waals surface area contributed by atoms with Gasteiger partial charge in [0.15, 0.2) is 5.65 Å². The van der Waals surface area contributed by atoms with E-state index in [0.717, 1.165) is 58.8 Å². The molecule has 29 heavy (non-hydrogen) atoms. The topological polar surface area (TPSA) is 78.2 Å². The summed E-state index contributed by atoms with van der Waals surface area (Å²) in [6, 6.07) is 10.1. The SMILES string of the molecule is CC(C)(O)c1ccc(-c2nc(CC3CCNCC3)n3c2cnc2[nH]ccc23)cc1. The van der Waals surface area contributed by atoms with Gasteiger partial charge in [-0.25, -0.2) is 9.97 Å². The molecule has 0 radical (unpaired) electrons. The molecule has 1 saturated heterocycles. The van der Waals surface area contributed by atoms with Gasteiger partial charge < -0.3 is 15.4 Å². The van der Waals surface area contributed by atoms with Crippen molar-refractivity contribution in [3.05, 3.63) is 54.1 Å². The maximum atomic E-state index is 10.3. The maximum Gasteiger partial charge on any atom is 0.154 e. The van der Waals surface area contributed by atoms with E-state index in [9.17, 15) is 5.11 Å². The second kappa shape index (κ2) is 6.97. The van der Waals surface area contributed by atoms with E-state index >= 15 is 0 Å². The molecule has 1 aromatic carbocycles. The summed E-state index contributed by atoms with van der Waals surface area (Å²) in [6.45, 7) is 5.77. The van der Waals surface area contributed by atoms with Gasteiger partial charge in [0.1, 0.15) is 5.82 Å². The normalized spacial score (nSPS) is 16.1. The Morgan fingerprint density at radius 2 is 1.86 bits per heavy atom. The fraction of sp³-hybridized carbons (Fsp3) is 0.391. The molecular weight excluding hydrogens is 362 g/mol. The molecule has 3 aromatic heterocycles. The number of fused-ring (bicyclic) bond motifs is 3. The van der Waals surface area contributed by atoms with E-state index < -0.39 is 5.60 Å². The minimum atomic E-state index is -0.853. The summed E-state index contributed by atoms with van der Waals surface area (Å²) >= 11 is 0. The number of imidazole rings is 1. The molecule has 0 atom stereocenters. The monoisotopic (exact) mass is 389 g/mol. The van der Waals surface area contributed by atoms with E-state index in [1.54, 1.807) is 13.8 Å². The van der Waals surface area contributed by atoms with Crippen molar-refractivity contribution < 1.29 is 5.11 Å². The van der Waals surface area contributed by atoms with Gasteiger partial charge >= 0.3 is 0 Å². The minimum Gasteiger partial charge on any atom is -0.386 e. The van der Waals surface area contributed by atoms with Crippen LogP contribution in [0.1, 0.15) is 38.1 Å². The molecule has 150 valence electrons. The molecule has 5 rings (SSSR count). The maximum absolute atomic E-state index is 10.3. The van der Waals surface area contributed by atoms with Gasteiger partial charge in [-0.15, -0.1) is 0 Å². The highest BCUT2D eigenvalue weighted by atomic mass is 16.3. The van der Waals surface area contributed by atoms with Crippen molar-refractivity contribution in [3.63, 3.8) is 0 Å². The standard InChI is InChI=1S/C23H27N5O/c1-23(2,29)17-5-3-16(4-6-17)21-19-14-26-22-18(9-12-25-22)28(19)20(27-21)13-15-7-10-24-11-8-15/h3-6,9,12,14-15,24-25,29H,7-8,10-11,13H2,1-2H3. The Morgan fingerprint density at radius 3 is 2.59 bits per heavy atom. The number of aliphatic hydroxyl groups is 1. The molecule has 1 aliphatic rings. The summed E-state index contributed by atoms with van der Waals surface area (Å²) in [7, 11) is 0. The number of rotatable bonds is 4. The average Bonchev–Trinajstić information content (AvgIpc) is 3.33. The Morgan fingerprint density at radius 1 is 1.10 bits per heavy atom. The molecule has 0 amide bonds. The number of nitrogens with one attached hydrogen (secondary N) is 2. The largest absolute Gasteiger partial charge is 0.386 e. The quantitative estimate of drug-likeness (QED) is 0.498. The minimum absolute atomic E-state index is 0.648. The summed E-state index contributed by atoms with van der Waals surface area (Å²) in [5.41, 5.74) is 5.01. The molecule has 0 saturated carbocycles. The van der Waals surface area contributed by atoms with Crippen molar-refractivity contribution in [2.75, 3.05) is 13.1 Å². The molecule has 1 aliphatic heterocycles. The van der Waals surface area contributed by atoms with Crippen LogP contribution < -0.4 is 5.32 Å². The molecule has 0 aliphatic carbocycles. The number of benzene rings is 1. The van der Waals surface area contributed by atoms with Gasteiger partial charge in [-0.3, -0.25) is 4.40 Å². The fourth-order valence-corrected chi connectivity index (χ4v) is 4.36. The van der Waals surface area contributed by atoms with E-state index in [1.165, 1.54) is 12.8 Å². The van der Waals surface area contributed by atoms with E-state index in [4.69, 9.17) is 4.98 Å². The molecule has 3 N–H and O–H groups in total. The zero-order chi connectivity index (χ0) is 20.0. The van der Waals surface area contributed by atoms with Gasteiger partial charge in [-0.2, -0.15) is 0 Å².